The molecule has 4 heteroatoms. The van der Waals surface area contributed by atoms with Gasteiger partial charge in [0.2, 0.25) is 11.8 Å². The fraction of sp³-hybridized carbons (Fsp3) is 0.857. The van der Waals surface area contributed by atoms with Crippen LogP contribution in [-0.4, -0.2) is 34.8 Å². The third kappa shape index (κ3) is 1.73. The Morgan fingerprint density at radius 1 is 1.22 bits per heavy atom. The summed E-state index contributed by atoms with van der Waals surface area (Å²) in [4.78, 5) is 26.6. The van der Waals surface area contributed by atoms with Crippen molar-refractivity contribution in [1.29, 1.82) is 0 Å². The van der Waals surface area contributed by atoms with Crippen molar-refractivity contribution in [3.63, 3.8) is 0 Å². The maximum Gasteiger partial charge on any atom is 0.248 e. The minimum atomic E-state index is -0.563. The van der Waals surface area contributed by atoms with Crippen LogP contribution >= 0.6 is 0 Å². The zero-order chi connectivity index (χ0) is 13.0. The van der Waals surface area contributed by atoms with Crippen LogP contribution in [0.5, 0.6) is 0 Å². The molecule has 0 radical (unpaired) electrons. The fourth-order valence-electron chi connectivity index (χ4n) is 3.57. The number of amides is 2. The van der Waals surface area contributed by atoms with Gasteiger partial charge in [0.15, 0.2) is 0 Å². The first-order chi connectivity index (χ1) is 8.45. The molecule has 1 aliphatic heterocycles. The SMILES string of the molecule is CC1(C)CC1N1CCC(=O)NC2(CCCC2)C1=O. The molecule has 18 heavy (non-hydrogen) atoms. The van der Waals surface area contributed by atoms with Crippen molar-refractivity contribution in [2.45, 2.75) is 64.0 Å². The second kappa shape index (κ2) is 3.72. The number of rotatable bonds is 1. The van der Waals surface area contributed by atoms with E-state index < -0.39 is 5.54 Å². The molecule has 100 valence electrons. The van der Waals surface area contributed by atoms with Gasteiger partial charge >= 0.3 is 0 Å². The van der Waals surface area contributed by atoms with E-state index in [0.29, 0.717) is 19.0 Å². The van der Waals surface area contributed by atoms with Gasteiger partial charge in [0.05, 0.1) is 0 Å². The molecular weight excluding hydrogens is 228 g/mol. The van der Waals surface area contributed by atoms with Gasteiger partial charge in [0.1, 0.15) is 5.54 Å². The van der Waals surface area contributed by atoms with Crippen LogP contribution in [0.15, 0.2) is 0 Å². The summed E-state index contributed by atoms with van der Waals surface area (Å²) in [6.07, 6.45) is 5.27. The molecule has 0 aromatic rings. The first-order valence-electron chi connectivity index (χ1n) is 7.07. The van der Waals surface area contributed by atoms with E-state index in [9.17, 15) is 9.59 Å². The van der Waals surface area contributed by atoms with Crippen molar-refractivity contribution in [3.05, 3.63) is 0 Å². The molecule has 0 bridgehead atoms. The van der Waals surface area contributed by atoms with Crippen LogP contribution in [0, 0.1) is 5.41 Å². The van der Waals surface area contributed by atoms with Gasteiger partial charge in [-0.15, -0.1) is 0 Å². The predicted molar refractivity (Wildman–Crippen MR) is 67.9 cm³/mol. The van der Waals surface area contributed by atoms with Gasteiger partial charge in [0.25, 0.3) is 0 Å². The fourth-order valence-corrected chi connectivity index (χ4v) is 3.57. The lowest BCUT2D eigenvalue weighted by Crippen LogP contribution is -2.56. The Kier molecular flexibility index (Phi) is 2.48. The van der Waals surface area contributed by atoms with Gasteiger partial charge in [0, 0.05) is 19.0 Å². The normalized spacial score (nSPS) is 33.4. The van der Waals surface area contributed by atoms with Crippen molar-refractivity contribution < 1.29 is 9.59 Å². The summed E-state index contributed by atoms with van der Waals surface area (Å²) in [7, 11) is 0. The van der Waals surface area contributed by atoms with Crippen molar-refractivity contribution >= 4 is 11.8 Å². The van der Waals surface area contributed by atoms with Gasteiger partial charge < -0.3 is 10.2 Å². The summed E-state index contributed by atoms with van der Waals surface area (Å²) in [5.74, 6) is 0.229. The van der Waals surface area contributed by atoms with Crippen molar-refractivity contribution in [1.82, 2.24) is 10.2 Å². The summed E-state index contributed by atoms with van der Waals surface area (Å²) < 4.78 is 0. The average Bonchev–Trinajstić information content (AvgIpc) is 2.75. The predicted octanol–water partition coefficient (Wildman–Crippen LogP) is 1.45. The Hall–Kier alpha value is -1.06. The first-order valence-corrected chi connectivity index (χ1v) is 7.07. The molecule has 2 aliphatic carbocycles. The number of carbonyl (C=O) groups is 2. The Morgan fingerprint density at radius 2 is 1.83 bits per heavy atom. The molecule has 2 saturated carbocycles. The lowest BCUT2D eigenvalue weighted by atomic mass is 9.95. The Bertz CT molecular complexity index is 397. The van der Waals surface area contributed by atoms with Crippen molar-refractivity contribution in [3.8, 4) is 0 Å². The average molecular weight is 250 g/mol. The standard InChI is InChI=1S/C14H22N2O2/c1-13(2)9-10(13)16-8-5-11(17)15-14(12(16)18)6-3-4-7-14/h10H,3-9H2,1-2H3,(H,15,17). The van der Waals surface area contributed by atoms with E-state index in [1.807, 2.05) is 4.90 Å². The quantitative estimate of drug-likeness (QED) is 0.765. The summed E-state index contributed by atoms with van der Waals surface area (Å²) in [5, 5.41) is 3.01. The van der Waals surface area contributed by atoms with Crippen LogP contribution in [-0.2, 0) is 9.59 Å². The first kappa shape index (κ1) is 12.0. The number of hydrogen-bond donors (Lipinski definition) is 1. The van der Waals surface area contributed by atoms with Gasteiger partial charge in [-0.3, -0.25) is 9.59 Å². The highest BCUT2D eigenvalue weighted by Gasteiger charge is 2.56. The monoisotopic (exact) mass is 250 g/mol. The van der Waals surface area contributed by atoms with Crippen molar-refractivity contribution in [2.24, 2.45) is 5.41 Å². The number of carbonyl (C=O) groups excluding carboxylic acids is 2. The third-order valence-electron chi connectivity index (χ3n) is 4.92. The van der Waals surface area contributed by atoms with Gasteiger partial charge in [-0.25, -0.2) is 0 Å². The third-order valence-corrected chi connectivity index (χ3v) is 4.92. The Morgan fingerprint density at radius 3 is 2.39 bits per heavy atom. The van der Waals surface area contributed by atoms with E-state index in [0.717, 1.165) is 32.1 Å². The molecule has 3 fully saturated rings. The van der Waals surface area contributed by atoms with E-state index in [1.54, 1.807) is 0 Å². The molecule has 1 atom stereocenters. The van der Waals surface area contributed by atoms with E-state index in [1.165, 1.54) is 0 Å². The minimum absolute atomic E-state index is 0.0474. The lowest BCUT2D eigenvalue weighted by Gasteiger charge is -2.32. The van der Waals surface area contributed by atoms with Gasteiger partial charge in [-0.05, 0) is 24.7 Å². The molecule has 4 nitrogen and oxygen atoms in total. The minimum Gasteiger partial charge on any atom is -0.342 e. The zero-order valence-electron chi connectivity index (χ0n) is 11.3. The maximum absolute atomic E-state index is 12.8. The largest absolute Gasteiger partial charge is 0.342 e. The molecule has 3 aliphatic rings. The van der Waals surface area contributed by atoms with Crippen LogP contribution in [0.2, 0.25) is 0 Å². The summed E-state index contributed by atoms with van der Waals surface area (Å²) in [6.45, 7) is 5.00. The van der Waals surface area contributed by atoms with E-state index in [2.05, 4.69) is 19.2 Å². The smallest absolute Gasteiger partial charge is 0.248 e. The molecule has 1 N–H and O–H groups in total. The van der Waals surface area contributed by atoms with Crippen LogP contribution in [0.25, 0.3) is 0 Å². The van der Waals surface area contributed by atoms with Crippen LogP contribution in [0.4, 0.5) is 0 Å². The van der Waals surface area contributed by atoms with Crippen molar-refractivity contribution in [2.75, 3.05) is 6.54 Å². The summed E-state index contributed by atoms with van der Waals surface area (Å²) >= 11 is 0. The molecule has 1 spiro atoms. The summed E-state index contributed by atoms with van der Waals surface area (Å²) in [6, 6.07) is 0.343. The van der Waals surface area contributed by atoms with E-state index >= 15 is 0 Å². The zero-order valence-corrected chi connectivity index (χ0v) is 11.3. The van der Waals surface area contributed by atoms with Crippen LogP contribution in [0.3, 0.4) is 0 Å². The number of nitrogens with zero attached hydrogens (tertiary/aromatic N) is 1. The molecule has 1 saturated heterocycles. The Labute approximate surface area is 108 Å². The maximum atomic E-state index is 12.8. The molecular formula is C14H22N2O2. The molecule has 3 rings (SSSR count). The van der Waals surface area contributed by atoms with Gasteiger partial charge in [-0.2, -0.15) is 0 Å². The number of hydrogen-bond acceptors (Lipinski definition) is 2. The topological polar surface area (TPSA) is 49.4 Å². The highest BCUT2D eigenvalue weighted by Crippen LogP contribution is 2.50. The molecule has 1 heterocycles. The highest BCUT2D eigenvalue weighted by atomic mass is 16.2. The Balaban J connectivity index is 1.87. The molecule has 1 unspecified atom stereocenters. The lowest BCUT2D eigenvalue weighted by molar-refractivity contribution is -0.139. The molecule has 0 aromatic carbocycles. The highest BCUT2D eigenvalue weighted by molar-refractivity contribution is 5.94. The molecule has 2 amide bonds. The molecule has 0 aromatic heterocycles. The number of nitrogens with one attached hydrogen (secondary N) is 1. The second-order valence-electron chi connectivity index (χ2n) is 6.79. The van der Waals surface area contributed by atoms with E-state index in [4.69, 9.17) is 0 Å². The van der Waals surface area contributed by atoms with Gasteiger partial charge in [-0.1, -0.05) is 26.7 Å². The van der Waals surface area contributed by atoms with E-state index in [-0.39, 0.29) is 17.2 Å². The second-order valence-corrected chi connectivity index (χ2v) is 6.79. The van der Waals surface area contributed by atoms with Crippen LogP contribution < -0.4 is 5.32 Å². The summed E-state index contributed by atoms with van der Waals surface area (Å²) in [5.41, 5.74) is -0.324. The van der Waals surface area contributed by atoms with Crippen LogP contribution in [0.1, 0.15) is 52.4 Å².